The third-order valence-corrected chi connectivity index (χ3v) is 1.94. The van der Waals surface area contributed by atoms with Gasteiger partial charge in [0.15, 0.2) is 0 Å². The number of hydrogen-bond acceptors (Lipinski definition) is 2. The molecule has 0 saturated heterocycles. The smallest absolute Gasteiger partial charge is 0.119 e. The lowest BCUT2D eigenvalue weighted by atomic mass is 10.1. The van der Waals surface area contributed by atoms with Crippen molar-refractivity contribution in [3.8, 4) is 5.75 Å². The van der Waals surface area contributed by atoms with Gasteiger partial charge in [-0.2, -0.15) is 12.6 Å². The van der Waals surface area contributed by atoms with Crippen LogP contribution in [0.4, 0.5) is 0 Å². The molecule has 0 aromatic heterocycles. The highest BCUT2D eigenvalue weighted by Gasteiger charge is 1.94. The van der Waals surface area contributed by atoms with Crippen molar-refractivity contribution >= 4 is 18.7 Å². The first kappa shape index (κ1) is 10.2. The Hall–Kier alpha value is -0.890. The van der Waals surface area contributed by atoms with E-state index in [2.05, 4.69) is 25.6 Å². The van der Waals surface area contributed by atoms with Gasteiger partial charge in [0, 0.05) is 5.75 Å². The fourth-order valence-corrected chi connectivity index (χ4v) is 1.28. The lowest BCUT2D eigenvalue weighted by molar-refractivity contribution is 0.414. The van der Waals surface area contributed by atoms with Gasteiger partial charge in [-0.25, -0.2) is 0 Å². The minimum absolute atomic E-state index is 0.760. The summed E-state index contributed by atoms with van der Waals surface area (Å²) in [5.41, 5.74) is 2.36. The standard InChI is InChI=1S/C11H14OS/c1-9-6-10(4-3-5-13)8-11(7-9)12-2/h3-4,6-8,13H,5H2,1-2H3. The van der Waals surface area contributed by atoms with Crippen LogP contribution < -0.4 is 4.74 Å². The van der Waals surface area contributed by atoms with Crippen LogP contribution in [0.5, 0.6) is 5.75 Å². The molecule has 0 heterocycles. The van der Waals surface area contributed by atoms with Gasteiger partial charge in [0.05, 0.1) is 7.11 Å². The summed E-state index contributed by atoms with van der Waals surface area (Å²) >= 11 is 4.11. The molecule has 0 amide bonds. The van der Waals surface area contributed by atoms with Crippen LogP contribution in [0.1, 0.15) is 11.1 Å². The van der Waals surface area contributed by atoms with E-state index in [-0.39, 0.29) is 0 Å². The summed E-state index contributed by atoms with van der Waals surface area (Å²) in [6, 6.07) is 6.13. The van der Waals surface area contributed by atoms with Gasteiger partial charge in [-0.3, -0.25) is 0 Å². The molecule has 0 aliphatic heterocycles. The van der Waals surface area contributed by atoms with Crippen LogP contribution in [-0.2, 0) is 0 Å². The second kappa shape index (κ2) is 4.97. The average Bonchev–Trinajstić information content (AvgIpc) is 2.14. The second-order valence-electron chi connectivity index (χ2n) is 2.87. The molecule has 2 heteroatoms. The van der Waals surface area contributed by atoms with Crippen molar-refractivity contribution < 1.29 is 4.74 Å². The summed E-state index contributed by atoms with van der Waals surface area (Å²) in [6.45, 7) is 2.06. The molecule has 0 radical (unpaired) electrons. The lowest BCUT2D eigenvalue weighted by Crippen LogP contribution is -1.85. The van der Waals surface area contributed by atoms with Crippen LogP contribution in [0.25, 0.3) is 6.08 Å². The predicted octanol–water partition coefficient (Wildman–Crippen LogP) is 2.95. The van der Waals surface area contributed by atoms with Gasteiger partial charge in [-0.15, -0.1) is 0 Å². The molecule has 0 aliphatic carbocycles. The molecular formula is C11H14OS. The van der Waals surface area contributed by atoms with E-state index in [9.17, 15) is 0 Å². The maximum absolute atomic E-state index is 5.16. The zero-order valence-corrected chi connectivity index (χ0v) is 8.84. The topological polar surface area (TPSA) is 9.23 Å². The van der Waals surface area contributed by atoms with E-state index >= 15 is 0 Å². The van der Waals surface area contributed by atoms with E-state index in [0.717, 1.165) is 17.1 Å². The van der Waals surface area contributed by atoms with Crippen LogP contribution in [-0.4, -0.2) is 12.9 Å². The van der Waals surface area contributed by atoms with E-state index in [1.54, 1.807) is 7.11 Å². The van der Waals surface area contributed by atoms with Gasteiger partial charge in [0.25, 0.3) is 0 Å². The molecule has 0 bridgehead atoms. The van der Waals surface area contributed by atoms with Gasteiger partial charge >= 0.3 is 0 Å². The molecule has 1 rings (SSSR count). The largest absolute Gasteiger partial charge is 0.497 e. The molecule has 0 unspecified atom stereocenters. The number of methoxy groups -OCH3 is 1. The first-order valence-electron chi connectivity index (χ1n) is 4.19. The van der Waals surface area contributed by atoms with Crippen molar-refractivity contribution in [1.82, 2.24) is 0 Å². The first-order valence-corrected chi connectivity index (χ1v) is 4.82. The monoisotopic (exact) mass is 194 g/mol. The molecule has 70 valence electrons. The summed E-state index contributed by atoms with van der Waals surface area (Å²) in [5.74, 6) is 1.66. The van der Waals surface area contributed by atoms with Gasteiger partial charge in [-0.1, -0.05) is 18.2 Å². The molecular weight excluding hydrogens is 180 g/mol. The zero-order chi connectivity index (χ0) is 9.68. The molecule has 0 spiro atoms. The van der Waals surface area contributed by atoms with Crippen LogP contribution in [0.15, 0.2) is 24.3 Å². The number of thiol groups is 1. The fourth-order valence-electron chi connectivity index (χ4n) is 1.18. The van der Waals surface area contributed by atoms with E-state index < -0.39 is 0 Å². The van der Waals surface area contributed by atoms with Crippen molar-refractivity contribution in [1.29, 1.82) is 0 Å². The van der Waals surface area contributed by atoms with E-state index in [1.165, 1.54) is 5.56 Å². The van der Waals surface area contributed by atoms with Gasteiger partial charge in [0.1, 0.15) is 5.75 Å². The Labute approximate surface area is 84.8 Å². The zero-order valence-electron chi connectivity index (χ0n) is 7.95. The molecule has 0 fully saturated rings. The molecule has 0 N–H and O–H groups in total. The third-order valence-electron chi connectivity index (χ3n) is 1.72. The number of aryl methyl sites for hydroxylation is 1. The summed E-state index contributed by atoms with van der Waals surface area (Å²) in [4.78, 5) is 0. The number of rotatable bonds is 3. The quantitative estimate of drug-likeness (QED) is 0.728. The van der Waals surface area contributed by atoms with Crippen LogP contribution in [0.3, 0.4) is 0 Å². The summed E-state index contributed by atoms with van der Waals surface area (Å²) in [6.07, 6.45) is 4.06. The number of hydrogen-bond donors (Lipinski definition) is 1. The fraction of sp³-hybridized carbons (Fsp3) is 0.273. The molecule has 1 aromatic carbocycles. The summed E-state index contributed by atoms with van der Waals surface area (Å²) in [5, 5.41) is 0. The molecule has 0 saturated carbocycles. The van der Waals surface area contributed by atoms with Gasteiger partial charge in [-0.05, 0) is 30.2 Å². The van der Waals surface area contributed by atoms with E-state index in [0.29, 0.717) is 0 Å². The molecule has 1 nitrogen and oxygen atoms in total. The Kier molecular flexibility index (Phi) is 3.90. The van der Waals surface area contributed by atoms with Gasteiger partial charge in [0.2, 0.25) is 0 Å². The minimum atomic E-state index is 0.760. The maximum Gasteiger partial charge on any atom is 0.119 e. The van der Waals surface area contributed by atoms with Crippen LogP contribution in [0.2, 0.25) is 0 Å². The number of benzene rings is 1. The molecule has 13 heavy (non-hydrogen) atoms. The predicted molar refractivity (Wildman–Crippen MR) is 60.6 cm³/mol. The highest BCUT2D eigenvalue weighted by atomic mass is 32.1. The van der Waals surface area contributed by atoms with Crippen molar-refractivity contribution in [2.75, 3.05) is 12.9 Å². The molecule has 0 aliphatic rings. The maximum atomic E-state index is 5.16. The van der Waals surface area contributed by atoms with Crippen molar-refractivity contribution in [2.45, 2.75) is 6.92 Å². The van der Waals surface area contributed by atoms with Crippen LogP contribution >= 0.6 is 12.6 Å². The minimum Gasteiger partial charge on any atom is -0.497 e. The van der Waals surface area contributed by atoms with Crippen molar-refractivity contribution in [2.24, 2.45) is 0 Å². The van der Waals surface area contributed by atoms with E-state index in [4.69, 9.17) is 4.74 Å². The normalized spacial score (nSPS) is 10.7. The third kappa shape index (κ3) is 3.15. The Morgan fingerprint density at radius 3 is 2.77 bits per heavy atom. The van der Waals surface area contributed by atoms with Gasteiger partial charge < -0.3 is 4.74 Å². The second-order valence-corrected chi connectivity index (χ2v) is 3.23. The Balaban J connectivity index is 2.94. The average molecular weight is 194 g/mol. The molecule has 0 atom stereocenters. The number of ether oxygens (including phenoxy) is 1. The highest BCUT2D eigenvalue weighted by molar-refractivity contribution is 7.80. The van der Waals surface area contributed by atoms with Crippen LogP contribution in [0, 0.1) is 6.92 Å². The summed E-state index contributed by atoms with van der Waals surface area (Å²) < 4.78 is 5.16. The lowest BCUT2D eigenvalue weighted by Gasteiger charge is -2.02. The van der Waals surface area contributed by atoms with Crippen molar-refractivity contribution in [3.05, 3.63) is 35.4 Å². The van der Waals surface area contributed by atoms with E-state index in [1.807, 2.05) is 24.3 Å². The molecule has 1 aromatic rings. The SMILES string of the molecule is COc1cc(C)cc(C=CCS)c1. The van der Waals surface area contributed by atoms with Crippen molar-refractivity contribution in [3.63, 3.8) is 0 Å². The Morgan fingerprint density at radius 2 is 2.15 bits per heavy atom. The first-order chi connectivity index (χ1) is 6.26. The highest BCUT2D eigenvalue weighted by Crippen LogP contribution is 2.17. The Bertz CT molecular complexity index is 305. The summed E-state index contributed by atoms with van der Waals surface area (Å²) in [7, 11) is 1.68. The Morgan fingerprint density at radius 1 is 1.38 bits per heavy atom.